The lowest BCUT2D eigenvalue weighted by molar-refractivity contribution is 0.786. The topological polar surface area (TPSA) is 29.9 Å². The maximum Gasteiger partial charge on any atom is 0.107 e. The van der Waals surface area contributed by atoms with Crippen LogP contribution in [0.15, 0.2) is 72.8 Å². The maximum atomic E-state index is 5.94. The van der Waals surface area contributed by atoms with Crippen LogP contribution in [-0.4, -0.2) is 9.55 Å². The van der Waals surface area contributed by atoms with Crippen molar-refractivity contribution in [2.75, 3.05) is 5.32 Å². The van der Waals surface area contributed by atoms with Gasteiger partial charge in [0.25, 0.3) is 0 Å². The molecule has 26 heavy (non-hydrogen) atoms. The second-order valence-electron chi connectivity index (χ2n) is 6.41. The molecule has 0 aliphatic heterocycles. The first-order chi connectivity index (χ1) is 12.7. The van der Waals surface area contributed by atoms with Gasteiger partial charge in [-0.05, 0) is 48.4 Å². The Kier molecular flexibility index (Phi) is 4.63. The number of nitrogens with zero attached hydrogens (tertiary/aromatic N) is 2. The van der Waals surface area contributed by atoms with E-state index in [1.807, 2.05) is 30.3 Å². The summed E-state index contributed by atoms with van der Waals surface area (Å²) in [6.07, 6.45) is 0. The smallest absolute Gasteiger partial charge is 0.107 e. The Balaban J connectivity index is 1.55. The van der Waals surface area contributed by atoms with Crippen molar-refractivity contribution in [1.82, 2.24) is 9.55 Å². The van der Waals surface area contributed by atoms with Gasteiger partial charge in [-0.2, -0.15) is 0 Å². The lowest BCUT2D eigenvalue weighted by atomic mass is 10.2. The van der Waals surface area contributed by atoms with E-state index in [9.17, 15) is 0 Å². The van der Waals surface area contributed by atoms with Gasteiger partial charge in [-0.25, -0.2) is 4.98 Å². The molecule has 3 nitrogen and oxygen atoms in total. The Morgan fingerprint density at radius 2 is 1.69 bits per heavy atom. The number of halogens is 1. The van der Waals surface area contributed by atoms with Gasteiger partial charge in [-0.15, -0.1) is 0 Å². The number of rotatable bonds is 5. The number of nitrogens with one attached hydrogen (secondary N) is 1. The van der Waals surface area contributed by atoms with Gasteiger partial charge in [-0.1, -0.05) is 54.1 Å². The van der Waals surface area contributed by atoms with E-state index < -0.39 is 0 Å². The molecule has 0 fully saturated rings. The third-order valence-electron chi connectivity index (χ3n) is 4.53. The lowest BCUT2D eigenvalue weighted by Gasteiger charge is -2.09. The number of benzene rings is 3. The first-order valence-corrected chi connectivity index (χ1v) is 9.06. The highest BCUT2D eigenvalue weighted by atomic mass is 35.5. The van der Waals surface area contributed by atoms with E-state index in [2.05, 4.69) is 59.3 Å². The predicted molar refractivity (Wildman–Crippen MR) is 109 cm³/mol. The third-order valence-corrected chi connectivity index (χ3v) is 4.78. The standard InChI is InChI=1S/C22H20ClN3/c1-16-25-21-13-20(24-14-17-7-9-19(23)10-8-17)11-12-22(21)26(16)15-18-5-3-2-4-6-18/h2-13,24H,14-15H2,1H3. The number of fused-ring (bicyclic) bond motifs is 1. The summed E-state index contributed by atoms with van der Waals surface area (Å²) in [6.45, 7) is 3.65. The summed E-state index contributed by atoms with van der Waals surface area (Å²) in [4.78, 5) is 4.74. The predicted octanol–water partition coefficient (Wildman–Crippen LogP) is 5.66. The molecular formula is C22H20ClN3. The van der Waals surface area contributed by atoms with Gasteiger partial charge in [-0.3, -0.25) is 0 Å². The minimum Gasteiger partial charge on any atom is -0.381 e. The summed E-state index contributed by atoms with van der Waals surface area (Å²) in [6, 6.07) is 24.7. The number of aryl methyl sites for hydroxylation is 1. The summed E-state index contributed by atoms with van der Waals surface area (Å²) in [5.74, 6) is 1.03. The Morgan fingerprint density at radius 1 is 0.923 bits per heavy atom. The number of hydrogen-bond donors (Lipinski definition) is 1. The minimum atomic E-state index is 0.756. The highest BCUT2D eigenvalue weighted by molar-refractivity contribution is 6.30. The lowest BCUT2D eigenvalue weighted by Crippen LogP contribution is -2.02. The molecule has 0 atom stereocenters. The van der Waals surface area contributed by atoms with Crippen LogP contribution in [-0.2, 0) is 13.1 Å². The SMILES string of the molecule is Cc1nc2cc(NCc3ccc(Cl)cc3)ccc2n1Cc1ccccc1. The first-order valence-electron chi connectivity index (χ1n) is 8.68. The van der Waals surface area contributed by atoms with E-state index >= 15 is 0 Å². The second kappa shape index (κ2) is 7.22. The van der Waals surface area contributed by atoms with Crippen molar-refractivity contribution in [2.45, 2.75) is 20.0 Å². The zero-order valence-electron chi connectivity index (χ0n) is 14.6. The number of hydrogen-bond acceptors (Lipinski definition) is 2. The van der Waals surface area contributed by atoms with Crippen molar-refractivity contribution in [1.29, 1.82) is 0 Å². The molecule has 0 unspecified atom stereocenters. The Labute approximate surface area is 158 Å². The fourth-order valence-corrected chi connectivity index (χ4v) is 3.26. The zero-order valence-corrected chi connectivity index (χ0v) is 15.4. The molecule has 1 heterocycles. The molecule has 0 saturated heterocycles. The van der Waals surface area contributed by atoms with Crippen LogP contribution >= 0.6 is 11.6 Å². The monoisotopic (exact) mass is 361 g/mol. The summed E-state index contributed by atoms with van der Waals surface area (Å²) in [5.41, 5.74) is 5.71. The molecule has 1 N–H and O–H groups in total. The number of aromatic nitrogens is 2. The largest absolute Gasteiger partial charge is 0.381 e. The molecule has 4 heteroatoms. The molecule has 3 aromatic carbocycles. The van der Waals surface area contributed by atoms with Crippen LogP contribution in [0.2, 0.25) is 5.02 Å². The van der Waals surface area contributed by atoms with Gasteiger partial charge in [0.2, 0.25) is 0 Å². The molecule has 130 valence electrons. The van der Waals surface area contributed by atoms with Gasteiger partial charge in [0.1, 0.15) is 5.82 Å². The normalized spacial score (nSPS) is 11.0. The van der Waals surface area contributed by atoms with Crippen LogP contribution in [0.1, 0.15) is 17.0 Å². The van der Waals surface area contributed by atoms with Gasteiger partial charge in [0.05, 0.1) is 11.0 Å². The maximum absolute atomic E-state index is 5.94. The molecule has 0 saturated carbocycles. The Hall–Kier alpha value is -2.78. The van der Waals surface area contributed by atoms with Crippen LogP contribution in [0, 0.1) is 6.92 Å². The summed E-state index contributed by atoms with van der Waals surface area (Å²) in [5, 5.41) is 4.22. The average molecular weight is 362 g/mol. The fourth-order valence-electron chi connectivity index (χ4n) is 3.13. The van der Waals surface area contributed by atoms with Crippen molar-refractivity contribution in [2.24, 2.45) is 0 Å². The van der Waals surface area contributed by atoms with E-state index in [1.54, 1.807) is 0 Å². The van der Waals surface area contributed by atoms with Crippen LogP contribution in [0.4, 0.5) is 5.69 Å². The summed E-state index contributed by atoms with van der Waals surface area (Å²) in [7, 11) is 0. The zero-order chi connectivity index (χ0) is 17.9. The van der Waals surface area contributed by atoms with Gasteiger partial charge < -0.3 is 9.88 Å². The van der Waals surface area contributed by atoms with Gasteiger partial charge >= 0.3 is 0 Å². The fraction of sp³-hybridized carbons (Fsp3) is 0.136. The summed E-state index contributed by atoms with van der Waals surface area (Å²) >= 11 is 5.94. The van der Waals surface area contributed by atoms with Gasteiger partial charge in [0.15, 0.2) is 0 Å². The number of anilines is 1. The van der Waals surface area contributed by atoms with Crippen molar-refractivity contribution in [3.63, 3.8) is 0 Å². The van der Waals surface area contributed by atoms with E-state index in [1.165, 1.54) is 11.1 Å². The minimum absolute atomic E-state index is 0.756. The first kappa shape index (κ1) is 16.7. The van der Waals surface area contributed by atoms with Crippen molar-refractivity contribution < 1.29 is 0 Å². The van der Waals surface area contributed by atoms with Crippen LogP contribution in [0.25, 0.3) is 11.0 Å². The third kappa shape index (κ3) is 3.58. The van der Waals surface area contributed by atoms with E-state index in [0.29, 0.717) is 0 Å². The van der Waals surface area contributed by atoms with Crippen LogP contribution < -0.4 is 5.32 Å². The average Bonchev–Trinajstić information content (AvgIpc) is 2.97. The molecule has 0 aliphatic carbocycles. The highest BCUT2D eigenvalue weighted by Crippen LogP contribution is 2.22. The molecular weight excluding hydrogens is 342 g/mol. The molecule has 0 bridgehead atoms. The second-order valence-corrected chi connectivity index (χ2v) is 6.85. The molecule has 0 amide bonds. The molecule has 0 radical (unpaired) electrons. The molecule has 4 aromatic rings. The van der Waals surface area contributed by atoms with Crippen molar-refractivity contribution >= 4 is 28.3 Å². The van der Waals surface area contributed by atoms with E-state index in [-0.39, 0.29) is 0 Å². The van der Waals surface area contributed by atoms with E-state index in [0.717, 1.165) is 40.7 Å². The van der Waals surface area contributed by atoms with Crippen LogP contribution in [0.3, 0.4) is 0 Å². The van der Waals surface area contributed by atoms with E-state index in [4.69, 9.17) is 16.6 Å². The molecule has 0 spiro atoms. The highest BCUT2D eigenvalue weighted by Gasteiger charge is 2.08. The van der Waals surface area contributed by atoms with Gasteiger partial charge in [0, 0.05) is 23.8 Å². The van der Waals surface area contributed by atoms with Crippen LogP contribution in [0.5, 0.6) is 0 Å². The van der Waals surface area contributed by atoms with Crippen molar-refractivity contribution in [3.8, 4) is 0 Å². The Bertz CT molecular complexity index is 1020. The molecule has 0 aliphatic rings. The van der Waals surface area contributed by atoms with Crippen molar-refractivity contribution in [3.05, 3.63) is 94.8 Å². The molecule has 1 aromatic heterocycles. The number of imidazole rings is 1. The Morgan fingerprint density at radius 3 is 2.46 bits per heavy atom. The molecule has 4 rings (SSSR count). The quantitative estimate of drug-likeness (QED) is 0.497. The summed E-state index contributed by atoms with van der Waals surface area (Å²) < 4.78 is 2.26.